The Labute approximate surface area is 167 Å². The summed E-state index contributed by atoms with van der Waals surface area (Å²) < 4.78 is 20.1. The number of piperidine rings is 1. The highest BCUT2D eigenvalue weighted by molar-refractivity contribution is 8.00. The van der Waals surface area contributed by atoms with E-state index in [2.05, 4.69) is 10.2 Å². The number of rotatable bonds is 6. The quantitative estimate of drug-likeness (QED) is 0.483. The Morgan fingerprint density at radius 3 is 2.79 bits per heavy atom. The zero-order valence-corrected chi connectivity index (χ0v) is 16.6. The molecule has 152 valence electrons. The van der Waals surface area contributed by atoms with Gasteiger partial charge in [-0.1, -0.05) is 6.07 Å². The van der Waals surface area contributed by atoms with Crippen LogP contribution in [0.5, 0.6) is 0 Å². The van der Waals surface area contributed by atoms with Crippen LogP contribution in [0, 0.1) is 6.92 Å². The van der Waals surface area contributed by atoms with Gasteiger partial charge in [-0.15, -0.1) is 0 Å². The van der Waals surface area contributed by atoms with E-state index in [-0.39, 0.29) is 23.8 Å². The number of cyclic esters (lactones) is 1. The van der Waals surface area contributed by atoms with Crippen molar-refractivity contribution in [1.29, 1.82) is 0 Å². The first-order valence-corrected chi connectivity index (χ1v) is 10.1. The summed E-state index contributed by atoms with van der Waals surface area (Å²) in [6.45, 7) is 4.08. The van der Waals surface area contributed by atoms with Crippen LogP contribution in [0.4, 0.5) is 4.39 Å². The lowest BCUT2D eigenvalue weighted by molar-refractivity contribution is -0.135. The van der Waals surface area contributed by atoms with Gasteiger partial charge in [-0.25, -0.2) is 9.18 Å². The predicted molar refractivity (Wildman–Crippen MR) is 106 cm³/mol. The standard InChI is InChI=1S/C19H25FN4O3S/c1-12-13(2-3-14-15(12)11-27-17(14)25)4-7-24-8-5-19(20,6-9-24)18(26)23-16(10-21)28-22/h2-3,10H,4-9,11,21-22H2,1H3,(H,23,26)/b16-10-. The lowest BCUT2D eigenvalue weighted by atomic mass is 9.91. The van der Waals surface area contributed by atoms with Crippen LogP contribution in [0.2, 0.25) is 0 Å². The molecule has 0 bridgehead atoms. The number of nitrogens with two attached hydrogens (primary N) is 2. The van der Waals surface area contributed by atoms with Gasteiger partial charge in [0.25, 0.3) is 5.91 Å². The maximum Gasteiger partial charge on any atom is 0.338 e. The molecule has 9 heteroatoms. The number of ether oxygens (including phenoxy) is 1. The molecule has 2 aliphatic rings. The monoisotopic (exact) mass is 408 g/mol. The molecule has 0 saturated carbocycles. The first-order chi connectivity index (χ1) is 13.4. The summed E-state index contributed by atoms with van der Waals surface area (Å²) in [4.78, 5) is 26.0. The second-order valence-electron chi connectivity index (χ2n) is 7.11. The summed E-state index contributed by atoms with van der Waals surface area (Å²) in [6.07, 6.45) is 2.19. The van der Waals surface area contributed by atoms with Gasteiger partial charge in [0.15, 0.2) is 5.67 Å². The molecule has 0 spiro atoms. The highest BCUT2D eigenvalue weighted by atomic mass is 32.2. The van der Waals surface area contributed by atoms with E-state index in [9.17, 15) is 14.0 Å². The van der Waals surface area contributed by atoms with E-state index in [4.69, 9.17) is 15.6 Å². The van der Waals surface area contributed by atoms with Crippen LogP contribution >= 0.6 is 11.9 Å². The third-order valence-electron chi connectivity index (χ3n) is 5.55. The van der Waals surface area contributed by atoms with Crippen LogP contribution in [0.3, 0.4) is 0 Å². The van der Waals surface area contributed by atoms with Crippen LogP contribution in [0.1, 0.15) is 39.9 Å². The molecule has 0 aliphatic carbocycles. The SMILES string of the molecule is Cc1c(CCN2CCC(F)(C(=O)N/C(=C/N)SN)CC2)ccc2c1COC2=O. The maximum atomic E-state index is 15.0. The van der Waals surface area contributed by atoms with Crippen LogP contribution < -0.4 is 16.2 Å². The van der Waals surface area contributed by atoms with Gasteiger partial charge in [0, 0.05) is 44.2 Å². The van der Waals surface area contributed by atoms with E-state index < -0.39 is 11.6 Å². The van der Waals surface area contributed by atoms with Crippen LogP contribution in [0.25, 0.3) is 0 Å². The van der Waals surface area contributed by atoms with Gasteiger partial charge in [0.2, 0.25) is 0 Å². The molecule has 0 radical (unpaired) electrons. The van der Waals surface area contributed by atoms with Crippen LogP contribution in [-0.4, -0.2) is 42.1 Å². The van der Waals surface area contributed by atoms with E-state index in [0.29, 0.717) is 25.3 Å². The van der Waals surface area contributed by atoms with Gasteiger partial charge in [-0.05, 0) is 42.5 Å². The fourth-order valence-corrected chi connectivity index (χ4v) is 3.87. The molecule has 0 unspecified atom stereocenters. The zero-order valence-electron chi connectivity index (χ0n) is 15.8. The van der Waals surface area contributed by atoms with Gasteiger partial charge < -0.3 is 20.7 Å². The Bertz CT molecular complexity index is 807. The molecular weight excluding hydrogens is 383 g/mol. The van der Waals surface area contributed by atoms with Crippen molar-refractivity contribution in [1.82, 2.24) is 10.2 Å². The summed E-state index contributed by atoms with van der Waals surface area (Å²) in [5.74, 6) is -0.958. The van der Waals surface area contributed by atoms with E-state index in [0.717, 1.165) is 47.8 Å². The number of carbonyl (C=O) groups excluding carboxylic acids is 2. The van der Waals surface area contributed by atoms with Crippen molar-refractivity contribution in [2.24, 2.45) is 10.9 Å². The Morgan fingerprint density at radius 1 is 1.43 bits per heavy atom. The molecule has 7 nitrogen and oxygen atoms in total. The van der Waals surface area contributed by atoms with E-state index >= 15 is 0 Å². The fraction of sp³-hybridized carbons (Fsp3) is 0.474. The molecule has 1 aromatic rings. The second kappa shape index (κ2) is 8.50. The van der Waals surface area contributed by atoms with Crippen LogP contribution in [0.15, 0.2) is 23.4 Å². The number of nitrogens with one attached hydrogen (secondary N) is 1. The third-order valence-corrected chi connectivity index (χ3v) is 6.04. The molecule has 0 aromatic heterocycles. The Morgan fingerprint density at radius 2 is 2.14 bits per heavy atom. The number of likely N-dealkylation sites (tertiary alicyclic amines) is 1. The van der Waals surface area contributed by atoms with Crippen molar-refractivity contribution >= 4 is 23.8 Å². The molecule has 1 amide bonds. The number of nitrogens with zero attached hydrogens (tertiary/aromatic N) is 1. The Balaban J connectivity index is 1.54. The zero-order chi connectivity index (χ0) is 20.3. The van der Waals surface area contributed by atoms with Gasteiger partial charge >= 0.3 is 5.97 Å². The first-order valence-electron chi connectivity index (χ1n) is 9.18. The Hall–Kier alpha value is -2.10. The lowest BCUT2D eigenvalue weighted by Gasteiger charge is -2.35. The molecular formula is C19H25FN4O3S. The summed E-state index contributed by atoms with van der Waals surface area (Å²) in [5.41, 5.74) is 7.27. The number of hydrogen-bond acceptors (Lipinski definition) is 7. The average Bonchev–Trinajstić information content (AvgIpc) is 3.08. The second-order valence-corrected chi connectivity index (χ2v) is 7.79. The van der Waals surface area contributed by atoms with Gasteiger partial charge in [0.05, 0.1) is 5.56 Å². The summed E-state index contributed by atoms with van der Waals surface area (Å²) >= 11 is 0.774. The van der Waals surface area contributed by atoms with E-state index in [1.54, 1.807) is 0 Å². The van der Waals surface area contributed by atoms with E-state index in [1.807, 2.05) is 19.1 Å². The number of hydrogen-bond donors (Lipinski definition) is 3. The number of fused-ring (bicyclic) bond motifs is 1. The molecule has 1 fully saturated rings. The van der Waals surface area contributed by atoms with Gasteiger partial charge in [0.1, 0.15) is 11.6 Å². The molecule has 1 aromatic carbocycles. The molecule has 28 heavy (non-hydrogen) atoms. The Kier molecular flexibility index (Phi) is 6.26. The number of carbonyl (C=O) groups is 2. The summed E-state index contributed by atoms with van der Waals surface area (Å²) in [7, 11) is 0. The molecule has 0 atom stereocenters. The molecule has 5 N–H and O–H groups in total. The lowest BCUT2D eigenvalue weighted by Crippen LogP contribution is -2.51. The first kappa shape index (κ1) is 20.6. The highest BCUT2D eigenvalue weighted by Gasteiger charge is 2.41. The maximum absolute atomic E-state index is 15.0. The number of alkyl halides is 1. The number of esters is 1. The normalized spacial score (nSPS) is 19.2. The molecule has 3 rings (SSSR count). The fourth-order valence-electron chi connectivity index (χ4n) is 3.64. The van der Waals surface area contributed by atoms with Crippen LogP contribution in [-0.2, 0) is 22.6 Å². The van der Waals surface area contributed by atoms with Crippen molar-refractivity contribution in [2.75, 3.05) is 19.6 Å². The van der Waals surface area contributed by atoms with E-state index in [1.165, 1.54) is 0 Å². The number of halogens is 1. The van der Waals surface area contributed by atoms with Crippen molar-refractivity contribution in [3.63, 3.8) is 0 Å². The largest absolute Gasteiger partial charge is 0.457 e. The third kappa shape index (κ3) is 4.16. The summed E-state index contributed by atoms with van der Waals surface area (Å²) in [6, 6.07) is 3.78. The molecule has 2 aliphatic heterocycles. The smallest absolute Gasteiger partial charge is 0.338 e. The average molecular weight is 408 g/mol. The van der Waals surface area contributed by atoms with Gasteiger partial charge in [-0.2, -0.15) is 0 Å². The van der Waals surface area contributed by atoms with Crippen molar-refractivity contribution in [3.8, 4) is 0 Å². The van der Waals surface area contributed by atoms with Crippen molar-refractivity contribution in [2.45, 2.75) is 38.5 Å². The minimum absolute atomic E-state index is 0.122. The van der Waals surface area contributed by atoms with Crippen molar-refractivity contribution in [3.05, 3.63) is 45.6 Å². The topological polar surface area (TPSA) is 111 Å². The number of benzene rings is 1. The molecule has 2 heterocycles. The minimum atomic E-state index is -1.92. The van der Waals surface area contributed by atoms with Gasteiger partial charge in [-0.3, -0.25) is 9.93 Å². The minimum Gasteiger partial charge on any atom is -0.457 e. The highest BCUT2D eigenvalue weighted by Crippen LogP contribution is 2.29. The molecule has 1 saturated heterocycles. The number of amides is 1. The summed E-state index contributed by atoms with van der Waals surface area (Å²) in [5, 5.41) is 8.04. The predicted octanol–water partition coefficient (Wildman–Crippen LogP) is 1.49. The van der Waals surface area contributed by atoms with Crippen molar-refractivity contribution < 1.29 is 18.7 Å².